The summed E-state index contributed by atoms with van der Waals surface area (Å²) < 4.78 is 15.8. The largest absolute Gasteiger partial charge is 0.347 e. The van der Waals surface area contributed by atoms with Gasteiger partial charge in [-0.2, -0.15) is 4.39 Å². The molecule has 4 aromatic rings. The third-order valence-electron chi connectivity index (χ3n) is 6.14. The van der Waals surface area contributed by atoms with Gasteiger partial charge in [-0.05, 0) is 61.2 Å². The molecule has 0 spiro atoms. The zero-order valence-electron chi connectivity index (χ0n) is 18.1. The lowest BCUT2D eigenvalue weighted by atomic mass is 9.85. The van der Waals surface area contributed by atoms with E-state index in [0.717, 1.165) is 17.5 Å². The Morgan fingerprint density at radius 1 is 1.09 bits per heavy atom. The number of carbonyl (C=O) groups excluding carboxylic acids is 1. The van der Waals surface area contributed by atoms with E-state index in [1.54, 1.807) is 36.5 Å². The van der Waals surface area contributed by atoms with E-state index in [1.165, 1.54) is 29.7 Å². The Kier molecular flexibility index (Phi) is 5.83. The Morgan fingerprint density at radius 3 is 2.79 bits per heavy atom. The standard InChI is InChI=1S/C25H24FN5O2/c26-24-19(15-27-13-16-4-3-5-16)11-18-10-17(7-8-20(18)30-24)14-28-25(33)21-12-23(32)31-9-2-1-6-22(31)29-21/h1-2,6-12,16,27H,3-5,13-15H2,(H,28,33). The highest BCUT2D eigenvalue weighted by Crippen LogP contribution is 2.25. The lowest BCUT2D eigenvalue weighted by molar-refractivity contribution is 0.0946. The molecule has 1 aromatic carbocycles. The fraction of sp³-hybridized carbons (Fsp3) is 0.280. The van der Waals surface area contributed by atoms with Gasteiger partial charge in [0.25, 0.3) is 11.5 Å². The van der Waals surface area contributed by atoms with Gasteiger partial charge in [0.1, 0.15) is 11.3 Å². The van der Waals surface area contributed by atoms with Crippen LogP contribution in [-0.2, 0) is 13.1 Å². The number of nitrogens with one attached hydrogen (secondary N) is 2. The maximum atomic E-state index is 14.4. The lowest BCUT2D eigenvalue weighted by Crippen LogP contribution is -2.27. The maximum absolute atomic E-state index is 14.4. The normalized spacial score (nSPS) is 13.8. The first kappa shape index (κ1) is 21.2. The number of pyridine rings is 2. The average Bonchev–Trinajstić information content (AvgIpc) is 2.79. The fourth-order valence-corrected chi connectivity index (χ4v) is 4.03. The minimum atomic E-state index is -0.460. The molecule has 1 amide bonds. The van der Waals surface area contributed by atoms with E-state index in [9.17, 15) is 14.0 Å². The van der Waals surface area contributed by atoms with Crippen LogP contribution in [0.5, 0.6) is 0 Å². The van der Waals surface area contributed by atoms with Gasteiger partial charge in [-0.25, -0.2) is 9.97 Å². The number of aromatic nitrogens is 3. The van der Waals surface area contributed by atoms with Gasteiger partial charge in [-0.3, -0.25) is 14.0 Å². The summed E-state index contributed by atoms with van der Waals surface area (Å²) in [4.78, 5) is 33.2. The second-order valence-corrected chi connectivity index (χ2v) is 8.48. The highest BCUT2D eigenvalue weighted by atomic mass is 19.1. The number of benzene rings is 1. The molecule has 1 aliphatic carbocycles. The van der Waals surface area contributed by atoms with E-state index in [1.807, 2.05) is 12.1 Å². The van der Waals surface area contributed by atoms with Crippen molar-refractivity contribution >= 4 is 22.5 Å². The number of nitrogens with zero attached hydrogens (tertiary/aromatic N) is 3. The number of halogens is 1. The van der Waals surface area contributed by atoms with Gasteiger partial charge in [0, 0.05) is 36.3 Å². The summed E-state index contributed by atoms with van der Waals surface area (Å²) >= 11 is 0. The molecule has 5 rings (SSSR count). The first-order chi connectivity index (χ1) is 16.1. The zero-order valence-corrected chi connectivity index (χ0v) is 18.1. The van der Waals surface area contributed by atoms with Crippen molar-refractivity contribution in [3.05, 3.63) is 87.9 Å². The van der Waals surface area contributed by atoms with Crippen molar-refractivity contribution in [2.75, 3.05) is 6.54 Å². The maximum Gasteiger partial charge on any atom is 0.270 e. The molecule has 0 saturated heterocycles. The van der Waals surface area contributed by atoms with Gasteiger partial charge in [0.2, 0.25) is 5.95 Å². The van der Waals surface area contributed by atoms with Gasteiger partial charge in [-0.15, -0.1) is 0 Å². The highest BCUT2D eigenvalue weighted by molar-refractivity contribution is 5.92. The Bertz CT molecular complexity index is 1400. The van der Waals surface area contributed by atoms with Crippen LogP contribution in [-0.4, -0.2) is 26.8 Å². The van der Waals surface area contributed by atoms with E-state index < -0.39 is 11.9 Å². The first-order valence-corrected chi connectivity index (χ1v) is 11.1. The van der Waals surface area contributed by atoms with E-state index in [0.29, 0.717) is 29.2 Å². The van der Waals surface area contributed by atoms with Crippen LogP contribution in [0, 0.1) is 11.9 Å². The molecule has 3 aromatic heterocycles. The number of rotatable bonds is 7. The minimum Gasteiger partial charge on any atom is -0.347 e. The molecular weight excluding hydrogens is 421 g/mol. The topological polar surface area (TPSA) is 88.4 Å². The predicted molar refractivity (Wildman–Crippen MR) is 123 cm³/mol. The molecule has 0 bridgehead atoms. The van der Waals surface area contributed by atoms with Gasteiger partial charge < -0.3 is 10.6 Å². The Morgan fingerprint density at radius 2 is 1.97 bits per heavy atom. The third-order valence-corrected chi connectivity index (χ3v) is 6.14. The van der Waals surface area contributed by atoms with Crippen molar-refractivity contribution in [2.24, 2.45) is 5.92 Å². The summed E-state index contributed by atoms with van der Waals surface area (Å²) in [6.07, 6.45) is 5.37. The SMILES string of the molecule is O=C(NCc1ccc2nc(F)c(CNCC3CCC3)cc2c1)c1cc(=O)n2ccccc2n1. The van der Waals surface area contributed by atoms with Crippen molar-refractivity contribution in [1.82, 2.24) is 25.0 Å². The monoisotopic (exact) mass is 445 g/mol. The second kappa shape index (κ2) is 9.07. The van der Waals surface area contributed by atoms with E-state index in [4.69, 9.17) is 0 Å². The molecule has 0 aliphatic heterocycles. The van der Waals surface area contributed by atoms with E-state index in [2.05, 4.69) is 20.6 Å². The number of fused-ring (bicyclic) bond motifs is 2. The van der Waals surface area contributed by atoms with Crippen LogP contribution in [0.15, 0.2) is 59.5 Å². The molecule has 33 heavy (non-hydrogen) atoms. The number of amides is 1. The van der Waals surface area contributed by atoms with Crippen LogP contribution in [0.1, 0.15) is 40.9 Å². The first-order valence-electron chi connectivity index (χ1n) is 11.1. The van der Waals surface area contributed by atoms with Gasteiger partial charge in [-0.1, -0.05) is 18.6 Å². The van der Waals surface area contributed by atoms with Crippen molar-refractivity contribution in [1.29, 1.82) is 0 Å². The molecule has 1 saturated carbocycles. The summed E-state index contributed by atoms with van der Waals surface area (Å²) in [6, 6.07) is 13.6. The van der Waals surface area contributed by atoms with Crippen molar-refractivity contribution in [2.45, 2.75) is 32.4 Å². The fourth-order valence-electron chi connectivity index (χ4n) is 4.03. The van der Waals surface area contributed by atoms with Crippen LogP contribution in [0.2, 0.25) is 0 Å². The summed E-state index contributed by atoms with van der Waals surface area (Å²) in [6.45, 7) is 1.59. The summed E-state index contributed by atoms with van der Waals surface area (Å²) in [7, 11) is 0. The lowest BCUT2D eigenvalue weighted by Gasteiger charge is -2.25. The van der Waals surface area contributed by atoms with Crippen molar-refractivity contribution in [3.63, 3.8) is 0 Å². The van der Waals surface area contributed by atoms with Crippen LogP contribution in [0.25, 0.3) is 16.6 Å². The molecule has 1 aliphatic rings. The van der Waals surface area contributed by atoms with Crippen molar-refractivity contribution < 1.29 is 9.18 Å². The van der Waals surface area contributed by atoms with Crippen LogP contribution >= 0.6 is 0 Å². The third kappa shape index (κ3) is 4.61. The molecule has 8 heteroatoms. The van der Waals surface area contributed by atoms with Gasteiger partial charge in [0.15, 0.2) is 0 Å². The summed E-state index contributed by atoms with van der Waals surface area (Å²) in [5, 5.41) is 6.94. The van der Waals surface area contributed by atoms with E-state index in [-0.39, 0.29) is 17.8 Å². The van der Waals surface area contributed by atoms with Crippen LogP contribution in [0.4, 0.5) is 4.39 Å². The highest BCUT2D eigenvalue weighted by Gasteiger charge is 2.17. The second-order valence-electron chi connectivity index (χ2n) is 8.48. The minimum absolute atomic E-state index is 0.0653. The molecule has 7 nitrogen and oxygen atoms in total. The Balaban J connectivity index is 1.28. The average molecular weight is 445 g/mol. The summed E-state index contributed by atoms with van der Waals surface area (Å²) in [5.74, 6) is -0.194. The molecule has 2 N–H and O–H groups in total. The van der Waals surface area contributed by atoms with E-state index >= 15 is 0 Å². The number of hydrogen-bond acceptors (Lipinski definition) is 5. The Labute approximate surface area is 189 Å². The molecule has 0 radical (unpaired) electrons. The molecule has 0 atom stereocenters. The predicted octanol–water partition coefficient (Wildman–Crippen LogP) is 3.20. The molecular formula is C25H24FN5O2. The van der Waals surface area contributed by atoms with Crippen LogP contribution in [0.3, 0.4) is 0 Å². The molecule has 1 fully saturated rings. The Hall–Kier alpha value is -3.65. The van der Waals surface area contributed by atoms with Gasteiger partial charge >= 0.3 is 0 Å². The van der Waals surface area contributed by atoms with Gasteiger partial charge in [0.05, 0.1) is 5.52 Å². The molecule has 3 heterocycles. The molecule has 0 unspecified atom stereocenters. The smallest absolute Gasteiger partial charge is 0.270 e. The quantitative estimate of drug-likeness (QED) is 0.427. The zero-order chi connectivity index (χ0) is 22.8. The molecule has 168 valence electrons. The summed E-state index contributed by atoms with van der Waals surface area (Å²) in [5.41, 5.74) is 2.10. The van der Waals surface area contributed by atoms with Crippen LogP contribution < -0.4 is 16.2 Å². The van der Waals surface area contributed by atoms with Crippen molar-refractivity contribution in [3.8, 4) is 0 Å². The number of carbonyl (C=O) groups is 1. The number of hydrogen-bond donors (Lipinski definition) is 2.